The summed E-state index contributed by atoms with van der Waals surface area (Å²) >= 11 is 0. The van der Waals surface area contributed by atoms with E-state index in [9.17, 15) is 15.0 Å². The molecule has 0 saturated heterocycles. The summed E-state index contributed by atoms with van der Waals surface area (Å²) in [5.41, 5.74) is 3.59. The molecule has 0 aromatic heterocycles. The van der Waals surface area contributed by atoms with E-state index in [1.807, 2.05) is 0 Å². The Morgan fingerprint density at radius 3 is 2.55 bits per heavy atom. The van der Waals surface area contributed by atoms with E-state index < -0.39 is 5.91 Å². The number of methoxy groups -OCH3 is 1. The Kier molecular flexibility index (Phi) is 4.63. The summed E-state index contributed by atoms with van der Waals surface area (Å²) in [5.74, 6) is -0.143. The SMILES string of the molecule is COc1ccccc1C(=O)N/N=C(/C)c1ccc(O)cc1O. The highest BCUT2D eigenvalue weighted by molar-refractivity contribution is 6.03. The average molecular weight is 300 g/mol. The average Bonchev–Trinajstić information content (AvgIpc) is 2.52. The Bertz CT molecular complexity index is 726. The normalized spacial score (nSPS) is 11.1. The van der Waals surface area contributed by atoms with Gasteiger partial charge < -0.3 is 14.9 Å². The van der Waals surface area contributed by atoms with Gasteiger partial charge in [-0.1, -0.05) is 12.1 Å². The number of aromatic hydroxyl groups is 2. The van der Waals surface area contributed by atoms with Gasteiger partial charge in [-0.3, -0.25) is 4.79 Å². The van der Waals surface area contributed by atoms with Crippen LogP contribution in [-0.2, 0) is 0 Å². The van der Waals surface area contributed by atoms with Crippen LogP contribution in [0.1, 0.15) is 22.8 Å². The van der Waals surface area contributed by atoms with Crippen LogP contribution < -0.4 is 10.2 Å². The molecule has 0 unspecified atom stereocenters. The molecule has 2 aromatic rings. The minimum absolute atomic E-state index is 0.0490. The number of nitrogens with zero attached hydrogens (tertiary/aromatic N) is 1. The van der Waals surface area contributed by atoms with Gasteiger partial charge in [0.15, 0.2) is 0 Å². The minimum atomic E-state index is -0.421. The molecule has 22 heavy (non-hydrogen) atoms. The molecule has 0 spiro atoms. The lowest BCUT2D eigenvalue weighted by atomic mass is 10.1. The number of para-hydroxylation sites is 1. The summed E-state index contributed by atoms with van der Waals surface area (Å²) in [5, 5.41) is 23.0. The van der Waals surface area contributed by atoms with E-state index in [2.05, 4.69) is 10.5 Å². The first-order valence-corrected chi connectivity index (χ1v) is 6.53. The Morgan fingerprint density at radius 2 is 1.86 bits per heavy atom. The highest BCUT2D eigenvalue weighted by Gasteiger charge is 2.11. The summed E-state index contributed by atoms with van der Waals surface area (Å²) in [6.07, 6.45) is 0. The number of rotatable bonds is 4. The molecule has 6 heteroatoms. The second-order valence-corrected chi connectivity index (χ2v) is 4.54. The standard InChI is InChI=1S/C16H16N2O4/c1-10(12-8-7-11(19)9-14(12)20)17-18-16(21)13-5-3-4-6-15(13)22-2/h3-9,19-20H,1-2H3,(H,18,21)/b17-10-. The first-order chi connectivity index (χ1) is 10.5. The molecule has 0 aliphatic carbocycles. The van der Waals surface area contributed by atoms with Gasteiger partial charge >= 0.3 is 0 Å². The fourth-order valence-corrected chi connectivity index (χ4v) is 1.91. The van der Waals surface area contributed by atoms with Gasteiger partial charge in [0.1, 0.15) is 17.2 Å². The highest BCUT2D eigenvalue weighted by atomic mass is 16.5. The number of carbonyl (C=O) groups is 1. The first-order valence-electron chi connectivity index (χ1n) is 6.53. The minimum Gasteiger partial charge on any atom is -0.508 e. The van der Waals surface area contributed by atoms with Crippen molar-refractivity contribution in [3.63, 3.8) is 0 Å². The smallest absolute Gasteiger partial charge is 0.275 e. The first kappa shape index (κ1) is 15.4. The summed E-state index contributed by atoms with van der Waals surface area (Å²) in [7, 11) is 1.48. The molecule has 114 valence electrons. The maximum atomic E-state index is 12.1. The summed E-state index contributed by atoms with van der Waals surface area (Å²) in [6.45, 7) is 1.63. The number of hydrazone groups is 1. The molecule has 1 amide bonds. The molecule has 6 nitrogen and oxygen atoms in total. The third-order valence-corrected chi connectivity index (χ3v) is 3.05. The van der Waals surface area contributed by atoms with Gasteiger partial charge in [0, 0.05) is 11.6 Å². The van der Waals surface area contributed by atoms with Crippen molar-refractivity contribution in [3.05, 3.63) is 53.6 Å². The van der Waals surface area contributed by atoms with Gasteiger partial charge in [-0.05, 0) is 31.2 Å². The third-order valence-electron chi connectivity index (χ3n) is 3.05. The zero-order valence-corrected chi connectivity index (χ0v) is 12.2. The molecular formula is C16H16N2O4. The van der Waals surface area contributed by atoms with E-state index in [4.69, 9.17) is 4.74 Å². The van der Waals surface area contributed by atoms with Crippen molar-refractivity contribution in [2.24, 2.45) is 5.10 Å². The topological polar surface area (TPSA) is 91.2 Å². The number of hydrogen-bond acceptors (Lipinski definition) is 5. The Balaban J connectivity index is 2.18. The molecule has 0 atom stereocenters. The van der Waals surface area contributed by atoms with Gasteiger partial charge in [-0.25, -0.2) is 5.43 Å². The summed E-state index contributed by atoms with van der Waals surface area (Å²) < 4.78 is 5.11. The van der Waals surface area contributed by atoms with Crippen molar-refractivity contribution >= 4 is 11.6 Å². The third kappa shape index (κ3) is 3.35. The van der Waals surface area contributed by atoms with Crippen molar-refractivity contribution in [1.29, 1.82) is 0 Å². The number of carbonyl (C=O) groups excluding carboxylic acids is 1. The van der Waals surface area contributed by atoms with E-state index in [0.717, 1.165) is 0 Å². The molecule has 0 fully saturated rings. The summed E-state index contributed by atoms with van der Waals surface area (Å²) in [6, 6.07) is 10.9. The number of benzene rings is 2. The van der Waals surface area contributed by atoms with Crippen molar-refractivity contribution < 1.29 is 19.7 Å². The van der Waals surface area contributed by atoms with Crippen LogP contribution in [-0.4, -0.2) is 28.9 Å². The fraction of sp³-hybridized carbons (Fsp3) is 0.125. The lowest BCUT2D eigenvalue weighted by molar-refractivity contribution is 0.0951. The largest absolute Gasteiger partial charge is 0.508 e. The number of nitrogens with one attached hydrogen (secondary N) is 1. The van der Waals surface area contributed by atoms with E-state index in [1.54, 1.807) is 31.2 Å². The van der Waals surface area contributed by atoms with Crippen LogP contribution in [0.4, 0.5) is 0 Å². The molecular weight excluding hydrogens is 284 g/mol. The van der Waals surface area contributed by atoms with Gasteiger partial charge in [0.25, 0.3) is 5.91 Å². The van der Waals surface area contributed by atoms with Gasteiger partial charge in [0.05, 0.1) is 18.4 Å². The van der Waals surface area contributed by atoms with E-state index in [-0.39, 0.29) is 11.5 Å². The predicted molar refractivity (Wildman–Crippen MR) is 82.4 cm³/mol. The van der Waals surface area contributed by atoms with Crippen LogP contribution in [0.3, 0.4) is 0 Å². The molecule has 0 radical (unpaired) electrons. The molecule has 0 bridgehead atoms. The lowest BCUT2D eigenvalue weighted by Gasteiger charge is -2.08. The summed E-state index contributed by atoms with van der Waals surface area (Å²) in [4.78, 5) is 12.1. The van der Waals surface area contributed by atoms with Crippen LogP contribution in [0, 0.1) is 0 Å². The Hall–Kier alpha value is -3.02. The van der Waals surface area contributed by atoms with Gasteiger partial charge in [0.2, 0.25) is 0 Å². The van der Waals surface area contributed by atoms with Crippen molar-refractivity contribution in [2.75, 3.05) is 7.11 Å². The lowest BCUT2D eigenvalue weighted by Crippen LogP contribution is -2.20. The molecule has 3 N–H and O–H groups in total. The van der Waals surface area contributed by atoms with Crippen molar-refractivity contribution in [3.8, 4) is 17.2 Å². The van der Waals surface area contributed by atoms with Crippen LogP contribution in [0.15, 0.2) is 47.6 Å². The monoisotopic (exact) mass is 300 g/mol. The maximum absolute atomic E-state index is 12.1. The van der Waals surface area contributed by atoms with Crippen molar-refractivity contribution in [2.45, 2.75) is 6.92 Å². The van der Waals surface area contributed by atoms with Crippen LogP contribution in [0.2, 0.25) is 0 Å². The molecule has 0 saturated carbocycles. The zero-order chi connectivity index (χ0) is 16.1. The van der Waals surface area contributed by atoms with E-state index in [0.29, 0.717) is 22.6 Å². The second-order valence-electron chi connectivity index (χ2n) is 4.54. The Morgan fingerprint density at radius 1 is 1.14 bits per heavy atom. The molecule has 0 aliphatic rings. The van der Waals surface area contributed by atoms with Gasteiger partial charge in [-0.15, -0.1) is 0 Å². The van der Waals surface area contributed by atoms with E-state index in [1.165, 1.54) is 25.3 Å². The molecule has 0 heterocycles. The maximum Gasteiger partial charge on any atom is 0.275 e. The molecule has 2 aromatic carbocycles. The second kappa shape index (κ2) is 6.62. The van der Waals surface area contributed by atoms with Crippen LogP contribution in [0.25, 0.3) is 0 Å². The highest BCUT2D eigenvalue weighted by Crippen LogP contribution is 2.23. The quantitative estimate of drug-likeness (QED) is 0.596. The fourth-order valence-electron chi connectivity index (χ4n) is 1.91. The number of hydrogen-bond donors (Lipinski definition) is 3. The van der Waals surface area contributed by atoms with Crippen LogP contribution >= 0.6 is 0 Å². The van der Waals surface area contributed by atoms with E-state index >= 15 is 0 Å². The van der Waals surface area contributed by atoms with Crippen molar-refractivity contribution in [1.82, 2.24) is 5.43 Å². The molecule has 2 rings (SSSR count). The Labute approximate surface area is 127 Å². The zero-order valence-electron chi connectivity index (χ0n) is 12.2. The number of ether oxygens (including phenoxy) is 1. The predicted octanol–water partition coefficient (Wildman–Crippen LogP) is 2.26. The number of phenols is 2. The van der Waals surface area contributed by atoms with Gasteiger partial charge in [-0.2, -0.15) is 5.10 Å². The molecule has 0 aliphatic heterocycles. The van der Waals surface area contributed by atoms with Crippen LogP contribution in [0.5, 0.6) is 17.2 Å². The number of phenolic OH excluding ortho intramolecular Hbond substituents is 2. The number of amides is 1.